The summed E-state index contributed by atoms with van der Waals surface area (Å²) in [7, 11) is 0. The number of rotatable bonds is 8. The van der Waals surface area contributed by atoms with Gasteiger partial charge < -0.3 is 9.84 Å². The number of aromatic nitrogens is 5. The largest absolute Gasteiger partial charge is 0.493 e. The highest BCUT2D eigenvalue weighted by molar-refractivity contribution is 5.81. The van der Waals surface area contributed by atoms with Crippen LogP contribution in [-0.4, -0.2) is 42.4 Å². The summed E-state index contributed by atoms with van der Waals surface area (Å²) in [6.07, 6.45) is 10.3. The maximum atomic E-state index is 11.8. The second kappa shape index (κ2) is 9.97. The van der Waals surface area contributed by atoms with E-state index in [9.17, 15) is 9.90 Å². The zero-order chi connectivity index (χ0) is 25.2. The molecule has 1 aliphatic rings. The predicted molar refractivity (Wildman–Crippen MR) is 140 cm³/mol. The van der Waals surface area contributed by atoms with E-state index >= 15 is 0 Å². The molecule has 5 aromatic rings. The SMILES string of the molecule is O=C(O)CC(c1ccc2nccnc2c1)n1ncc2cc(OCCc3ccc4c(n3)CCCC4)ccc21. The van der Waals surface area contributed by atoms with Gasteiger partial charge in [-0.05, 0) is 73.2 Å². The van der Waals surface area contributed by atoms with Crippen molar-refractivity contribution in [2.45, 2.75) is 44.6 Å². The highest BCUT2D eigenvalue weighted by atomic mass is 16.5. The van der Waals surface area contributed by atoms with Crippen molar-refractivity contribution >= 4 is 27.9 Å². The maximum Gasteiger partial charge on any atom is 0.305 e. The van der Waals surface area contributed by atoms with Crippen LogP contribution in [0.25, 0.3) is 21.9 Å². The van der Waals surface area contributed by atoms with Crippen molar-refractivity contribution in [2.75, 3.05) is 6.61 Å². The zero-order valence-corrected chi connectivity index (χ0v) is 20.4. The number of hydrogen-bond donors (Lipinski definition) is 1. The molecule has 0 amide bonds. The summed E-state index contributed by atoms with van der Waals surface area (Å²) < 4.78 is 7.81. The normalized spacial score (nSPS) is 13.9. The van der Waals surface area contributed by atoms with E-state index in [0.717, 1.165) is 58.2 Å². The highest BCUT2D eigenvalue weighted by Crippen LogP contribution is 2.30. The molecule has 6 rings (SSSR count). The average molecular weight is 494 g/mol. The fraction of sp³-hybridized carbons (Fsp3) is 0.276. The van der Waals surface area contributed by atoms with E-state index in [1.807, 2.05) is 36.4 Å². The van der Waals surface area contributed by atoms with Crippen LogP contribution in [0.1, 0.15) is 47.8 Å². The number of fused-ring (bicyclic) bond motifs is 3. The molecule has 0 spiro atoms. The standard InChI is InChI=1S/C29H27N5O3/c35-29(36)17-28(20-6-9-25-26(16-20)31-13-12-30-25)34-27-10-8-23(15-21(27)18-32-34)37-14-11-22-7-5-19-3-1-2-4-24(19)33-22/h5-10,12-13,15-16,18,28H,1-4,11,14,17H2,(H,35,36). The van der Waals surface area contributed by atoms with Crippen LogP contribution in [0.5, 0.6) is 5.75 Å². The molecule has 1 N–H and O–H groups in total. The van der Waals surface area contributed by atoms with E-state index in [1.165, 1.54) is 24.1 Å². The van der Waals surface area contributed by atoms with Crippen LogP contribution in [-0.2, 0) is 24.1 Å². The highest BCUT2D eigenvalue weighted by Gasteiger charge is 2.21. The number of pyridine rings is 1. The predicted octanol–water partition coefficient (Wildman–Crippen LogP) is 4.94. The Balaban J connectivity index is 1.21. The van der Waals surface area contributed by atoms with Crippen LogP contribution in [0, 0.1) is 0 Å². The van der Waals surface area contributed by atoms with E-state index in [0.29, 0.717) is 6.61 Å². The first kappa shape index (κ1) is 23.1. The Bertz CT molecular complexity index is 1600. The van der Waals surface area contributed by atoms with Gasteiger partial charge >= 0.3 is 5.97 Å². The Morgan fingerprint density at radius 3 is 2.76 bits per heavy atom. The fourth-order valence-corrected chi connectivity index (χ4v) is 5.11. The molecule has 37 heavy (non-hydrogen) atoms. The van der Waals surface area contributed by atoms with E-state index in [4.69, 9.17) is 9.72 Å². The number of carboxylic acid groups (broad SMARTS) is 1. The summed E-state index contributed by atoms with van der Waals surface area (Å²) >= 11 is 0. The molecular formula is C29H27N5O3. The molecule has 8 nitrogen and oxygen atoms in total. The minimum atomic E-state index is -0.899. The van der Waals surface area contributed by atoms with Gasteiger partial charge in [0.2, 0.25) is 0 Å². The van der Waals surface area contributed by atoms with Crippen LogP contribution in [0.2, 0.25) is 0 Å². The Hall–Kier alpha value is -4.33. The average Bonchev–Trinajstić information content (AvgIpc) is 3.34. The van der Waals surface area contributed by atoms with Gasteiger partial charge in [0.25, 0.3) is 0 Å². The van der Waals surface area contributed by atoms with Gasteiger partial charge in [-0.25, -0.2) is 0 Å². The van der Waals surface area contributed by atoms with Gasteiger partial charge in [0, 0.05) is 35.6 Å². The molecular weight excluding hydrogens is 466 g/mol. The minimum absolute atomic E-state index is 0.103. The number of carbonyl (C=O) groups is 1. The molecule has 0 saturated carbocycles. The lowest BCUT2D eigenvalue weighted by atomic mass is 9.96. The van der Waals surface area contributed by atoms with Crippen molar-refractivity contribution in [3.63, 3.8) is 0 Å². The van der Waals surface area contributed by atoms with Crippen molar-refractivity contribution in [3.8, 4) is 5.75 Å². The lowest BCUT2D eigenvalue weighted by Crippen LogP contribution is -2.16. The molecule has 0 saturated heterocycles. The van der Waals surface area contributed by atoms with E-state index in [2.05, 4.69) is 27.2 Å². The summed E-state index contributed by atoms with van der Waals surface area (Å²) in [5.74, 6) is -0.149. The molecule has 1 atom stereocenters. The lowest BCUT2D eigenvalue weighted by molar-refractivity contribution is -0.137. The third kappa shape index (κ3) is 4.87. The Morgan fingerprint density at radius 1 is 1.00 bits per heavy atom. The number of aryl methyl sites for hydroxylation is 2. The van der Waals surface area contributed by atoms with Crippen LogP contribution in [0.3, 0.4) is 0 Å². The van der Waals surface area contributed by atoms with E-state index in [-0.39, 0.29) is 6.42 Å². The zero-order valence-electron chi connectivity index (χ0n) is 20.4. The lowest BCUT2D eigenvalue weighted by Gasteiger charge is -2.18. The maximum absolute atomic E-state index is 11.8. The first-order chi connectivity index (χ1) is 18.1. The third-order valence-electron chi connectivity index (χ3n) is 6.97. The van der Waals surface area contributed by atoms with Crippen LogP contribution in [0.15, 0.2) is 67.1 Å². The summed E-state index contributed by atoms with van der Waals surface area (Å²) in [6, 6.07) is 15.3. The molecule has 1 aliphatic carbocycles. The molecule has 3 heterocycles. The number of carboxylic acids is 1. The summed E-state index contributed by atoms with van der Waals surface area (Å²) in [6.45, 7) is 0.533. The van der Waals surface area contributed by atoms with Gasteiger partial charge in [0.1, 0.15) is 5.75 Å². The van der Waals surface area contributed by atoms with Crippen molar-refractivity contribution in [1.29, 1.82) is 0 Å². The quantitative estimate of drug-likeness (QED) is 0.327. The molecule has 186 valence electrons. The number of hydrogen-bond acceptors (Lipinski definition) is 6. The van der Waals surface area contributed by atoms with Gasteiger partial charge in [-0.3, -0.25) is 24.4 Å². The summed E-state index contributed by atoms with van der Waals surface area (Å²) in [5.41, 5.74) is 6.83. The number of benzene rings is 2. The van der Waals surface area contributed by atoms with Crippen molar-refractivity contribution in [2.24, 2.45) is 0 Å². The second-order valence-electron chi connectivity index (χ2n) is 9.44. The Labute approximate surface area is 214 Å². The monoisotopic (exact) mass is 493 g/mol. The number of nitrogens with zero attached hydrogens (tertiary/aromatic N) is 5. The second-order valence-corrected chi connectivity index (χ2v) is 9.44. The molecule has 0 bridgehead atoms. The number of aliphatic carboxylic acids is 1. The Morgan fingerprint density at radius 2 is 1.86 bits per heavy atom. The first-order valence-corrected chi connectivity index (χ1v) is 12.6. The topological polar surface area (TPSA) is 103 Å². The van der Waals surface area contributed by atoms with Crippen LogP contribution in [0.4, 0.5) is 0 Å². The summed E-state index contributed by atoms with van der Waals surface area (Å²) in [5, 5.41) is 15.1. The van der Waals surface area contributed by atoms with Gasteiger partial charge in [0.05, 0.1) is 41.8 Å². The third-order valence-corrected chi connectivity index (χ3v) is 6.97. The van der Waals surface area contributed by atoms with Crippen molar-refractivity contribution in [3.05, 3.63) is 89.6 Å². The molecule has 0 radical (unpaired) electrons. The molecule has 0 aliphatic heterocycles. The molecule has 8 heteroatoms. The molecule has 3 aromatic heterocycles. The first-order valence-electron chi connectivity index (χ1n) is 12.6. The Kier molecular flexibility index (Phi) is 6.22. The van der Waals surface area contributed by atoms with Gasteiger partial charge in [-0.1, -0.05) is 12.1 Å². The van der Waals surface area contributed by atoms with E-state index in [1.54, 1.807) is 23.3 Å². The minimum Gasteiger partial charge on any atom is -0.493 e. The van der Waals surface area contributed by atoms with Crippen molar-refractivity contribution in [1.82, 2.24) is 24.7 Å². The fourth-order valence-electron chi connectivity index (χ4n) is 5.11. The van der Waals surface area contributed by atoms with Gasteiger partial charge in [-0.2, -0.15) is 5.10 Å². The molecule has 2 aromatic carbocycles. The smallest absolute Gasteiger partial charge is 0.305 e. The molecule has 0 fully saturated rings. The van der Waals surface area contributed by atoms with Crippen LogP contribution < -0.4 is 4.74 Å². The summed E-state index contributed by atoms with van der Waals surface area (Å²) in [4.78, 5) is 25.3. The van der Waals surface area contributed by atoms with Crippen LogP contribution >= 0.6 is 0 Å². The molecule has 1 unspecified atom stereocenters. The number of ether oxygens (including phenoxy) is 1. The van der Waals surface area contributed by atoms with Gasteiger partial charge in [-0.15, -0.1) is 0 Å². The van der Waals surface area contributed by atoms with Crippen molar-refractivity contribution < 1.29 is 14.6 Å². The van der Waals surface area contributed by atoms with Gasteiger partial charge in [0.15, 0.2) is 0 Å². The van der Waals surface area contributed by atoms with E-state index < -0.39 is 12.0 Å².